The van der Waals surface area contributed by atoms with E-state index in [9.17, 15) is 9.90 Å². The Kier molecular flexibility index (Phi) is 3.05. The third-order valence-corrected chi connectivity index (χ3v) is 11.0. The minimum absolute atomic E-state index is 0.116. The predicted octanol–water partition coefficient (Wildman–Crippen LogP) is 2.31. The number of amides is 1. The van der Waals surface area contributed by atoms with Gasteiger partial charge in [0.25, 0.3) is 5.91 Å². The molecule has 0 aromatic heterocycles. The summed E-state index contributed by atoms with van der Waals surface area (Å²) < 4.78 is 13.3. The number of likely N-dealkylation sites (tertiary alicyclic amines) is 1. The zero-order chi connectivity index (χ0) is 22.8. The molecular weight excluding hydrogens is 416 g/mol. The molecule has 2 aliphatic heterocycles. The Morgan fingerprint density at radius 2 is 2.15 bits per heavy atom. The Morgan fingerprint density at radius 3 is 2.79 bits per heavy atom. The predicted molar refractivity (Wildman–Crippen MR) is 121 cm³/mol. The van der Waals surface area contributed by atoms with Crippen LogP contribution in [0.1, 0.15) is 61.0 Å². The quantitative estimate of drug-likeness (QED) is 0.676. The van der Waals surface area contributed by atoms with Crippen LogP contribution in [0.2, 0.25) is 0 Å². The van der Waals surface area contributed by atoms with Crippen molar-refractivity contribution >= 4 is 5.91 Å². The number of methoxy groups -OCH3 is 1. The fraction of sp³-hybridized carbons (Fsp3) is 0.667. The zero-order valence-electron chi connectivity index (χ0n) is 19.6. The van der Waals surface area contributed by atoms with E-state index in [-0.39, 0.29) is 16.9 Å². The maximum atomic E-state index is 12.4. The number of primary amides is 1. The fourth-order valence-corrected chi connectivity index (χ4v) is 9.75. The van der Waals surface area contributed by atoms with Gasteiger partial charge >= 0.3 is 0 Å². The average Bonchev–Trinajstić information content (AvgIpc) is 3.59. The van der Waals surface area contributed by atoms with Gasteiger partial charge in [-0.15, -0.1) is 0 Å². The van der Waals surface area contributed by atoms with Gasteiger partial charge in [-0.05, 0) is 75.6 Å². The largest absolute Gasteiger partial charge is 0.485 e. The molecule has 174 valence electrons. The van der Waals surface area contributed by atoms with Crippen LogP contribution in [0, 0.1) is 16.7 Å². The monoisotopic (exact) mass is 448 g/mol. The summed E-state index contributed by atoms with van der Waals surface area (Å²) in [6, 6.07) is 4.37. The summed E-state index contributed by atoms with van der Waals surface area (Å²) in [5, 5.41) is 11.6. The van der Waals surface area contributed by atoms with Crippen LogP contribution < -0.4 is 10.5 Å². The molecule has 6 atom stereocenters. The second-order valence-corrected chi connectivity index (χ2v) is 12.4. The lowest BCUT2D eigenvalue weighted by Gasteiger charge is -2.67. The van der Waals surface area contributed by atoms with E-state index in [4.69, 9.17) is 15.2 Å². The molecule has 1 saturated heterocycles. The summed E-state index contributed by atoms with van der Waals surface area (Å²) in [5.74, 6) is 1.08. The number of piperidine rings is 1. The van der Waals surface area contributed by atoms with E-state index in [1.807, 2.05) is 19.9 Å². The van der Waals surface area contributed by atoms with Crippen molar-refractivity contribution < 1.29 is 19.4 Å². The van der Waals surface area contributed by atoms with Gasteiger partial charge in [0.2, 0.25) is 0 Å². The number of benzene rings is 1. The molecule has 6 heteroatoms. The Labute approximate surface area is 194 Å². The van der Waals surface area contributed by atoms with E-state index >= 15 is 0 Å². The fourth-order valence-electron chi connectivity index (χ4n) is 9.75. The van der Waals surface area contributed by atoms with Gasteiger partial charge in [0.1, 0.15) is 17.5 Å². The van der Waals surface area contributed by atoms with E-state index in [1.54, 1.807) is 7.11 Å². The first-order chi connectivity index (χ1) is 15.7. The van der Waals surface area contributed by atoms with Crippen molar-refractivity contribution in [1.29, 1.82) is 0 Å². The Hall–Kier alpha value is -1.89. The third-order valence-electron chi connectivity index (χ3n) is 11.0. The van der Waals surface area contributed by atoms with Crippen molar-refractivity contribution in [3.8, 4) is 5.75 Å². The first kappa shape index (κ1) is 19.4. The van der Waals surface area contributed by atoms with Crippen LogP contribution in [-0.4, -0.2) is 59.5 Å². The van der Waals surface area contributed by atoms with Gasteiger partial charge in [0.05, 0.1) is 22.0 Å². The highest BCUT2D eigenvalue weighted by molar-refractivity contribution is 5.97. The molecule has 8 aliphatic rings. The molecule has 1 aromatic rings. The topological polar surface area (TPSA) is 85.0 Å². The molecule has 6 nitrogen and oxygen atoms in total. The van der Waals surface area contributed by atoms with E-state index in [2.05, 4.69) is 17.0 Å². The molecule has 3 N–H and O–H groups in total. The number of nitrogens with two attached hydrogens (primary N) is 1. The molecule has 9 rings (SSSR count). The first-order valence-corrected chi connectivity index (χ1v) is 12.6. The SMILES string of the molecule is CO[C@@]12C3=C[C@@]4(C[C@]31C(C)(C)O)[C@H]1Cc3ccc(C(N)=O)c5c3[C@@]4(CCN1CC1CC1)[C@H]2O5. The number of hydrogen-bond donors (Lipinski definition) is 2. The molecule has 1 amide bonds. The lowest BCUT2D eigenvalue weighted by atomic mass is 9.41. The van der Waals surface area contributed by atoms with E-state index in [0.717, 1.165) is 31.7 Å². The number of rotatable bonds is 5. The summed E-state index contributed by atoms with van der Waals surface area (Å²) in [5.41, 5.74) is 7.66. The standard InChI is InChI=1S/C27H32N2O4/c1-23(2,31)26-13-24-11-17(26)27(26,32-3)22-25(24)8-9-29(12-14-4-5-14)18(24)10-15-6-7-16(21(28)30)20(33-22)19(15)25/h6-7,11,14,18,22,31H,4-5,8-10,12-13H2,1-3H3,(H2,28,30)/t18-,22-,24-,25+,26-,27-/m1/s1. The maximum absolute atomic E-state index is 12.4. The molecule has 0 radical (unpaired) electrons. The Bertz CT molecular complexity index is 1200. The van der Waals surface area contributed by atoms with E-state index in [1.165, 1.54) is 36.1 Å². The maximum Gasteiger partial charge on any atom is 0.252 e. The normalized spacial score (nSPS) is 45.4. The third kappa shape index (κ3) is 1.68. The Balaban J connectivity index is 1.43. The van der Waals surface area contributed by atoms with Gasteiger partial charge in [-0.2, -0.15) is 0 Å². The minimum Gasteiger partial charge on any atom is -0.485 e. The summed E-state index contributed by atoms with van der Waals surface area (Å²) in [4.78, 5) is 15.2. The summed E-state index contributed by atoms with van der Waals surface area (Å²) >= 11 is 0. The van der Waals surface area contributed by atoms with Crippen LogP contribution in [0.5, 0.6) is 5.75 Å². The van der Waals surface area contributed by atoms with Crippen molar-refractivity contribution in [1.82, 2.24) is 4.90 Å². The molecule has 0 unspecified atom stereocenters. The van der Waals surface area contributed by atoms with Crippen LogP contribution in [-0.2, 0) is 16.6 Å². The number of aliphatic hydroxyl groups is 1. The van der Waals surface area contributed by atoms with Crippen molar-refractivity contribution in [3.63, 3.8) is 0 Å². The number of nitrogens with zero attached hydrogens (tertiary/aromatic N) is 1. The molecule has 1 aromatic carbocycles. The number of carbonyl (C=O) groups excluding carboxylic acids is 1. The van der Waals surface area contributed by atoms with Crippen molar-refractivity contribution in [2.24, 2.45) is 22.5 Å². The second-order valence-electron chi connectivity index (χ2n) is 12.4. The molecule has 2 heterocycles. The van der Waals surface area contributed by atoms with E-state index in [0.29, 0.717) is 17.4 Å². The molecule has 4 fully saturated rings. The second kappa shape index (κ2) is 5.19. The molecule has 6 bridgehead atoms. The van der Waals surface area contributed by atoms with Crippen molar-refractivity contribution in [2.75, 3.05) is 20.2 Å². The molecular formula is C27H32N2O4. The van der Waals surface area contributed by atoms with Crippen molar-refractivity contribution in [2.45, 2.75) is 74.7 Å². The van der Waals surface area contributed by atoms with Crippen LogP contribution in [0.25, 0.3) is 0 Å². The number of carbonyl (C=O) groups is 1. The average molecular weight is 449 g/mol. The molecule has 2 spiro atoms. The molecule has 33 heavy (non-hydrogen) atoms. The smallest absolute Gasteiger partial charge is 0.252 e. The van der Waals surface area contributed by atoms with Gasteiger partial charge in [-0.3, -0.25) is 9.69 Å². The number of hydrogen-bond acceptors (Lipinski definition) is 5. The summed E-state index contributed by atoms with van der Waals surface area (Å²) in [7, 11) is 1.76. The van der Waals surface area contributed by atoms with Gasteiger partial charge in [0, 0.05) is 30.7 Å². The van der Waals surface area contributed by atoms with E-state index < -0.39 is 22.5 Å². The highest BCUT2D eigenvalue weighted by atomic mass is 16.6. The summed E-state index contributed by atoms with van der Waals surface area (Å²) in [6.45, 7) is 6.08. The van der Waals surface area contributed by atoms with Crippen LogP contribution >= 0.6 is 0 Å². The number of ether oxygens (including phenoxy) is 2. The lowest BCUT2D eigenvalue weighted by molar-refractivity contribution is -0.203. The summed E-state index contributed by atoms with van der Waals surface area (Å²) in [6.07, 6.45) is 7.80. The van der Waals surface area contributed by atoms with Gasteiger partial charge < -0.3 is 20.3 Å². The minimum atomic E-state index is -0.930. The molecule has 3 saturated carbocycles. The van der Waals surface area contributed by atoms with Crippen LogP contribution in [0.4, 0.5) is 0 Å². The van der Waals surface area contributed by atoms with Gasteiger partial charge in [-0.1, -0.05) is 12.1 Å². The highest BCUT2D eigenvalue weighted by Crippen LogP contribution is 2.90. The van der Waals surface area contributed by atoms with Crippen LogP contribution in [0.15, 0.2) is 23.8 Å². The van der Waals surface area contributed by atoms with Crippen LogP contribution in [0.3, 0.4) is 0 Å². The highest BCUT2D eigenvalue weighted by Gasteiger charge is 2.96. The lowest BCUT2D eigenvalue weighted by Crippen LogP contribution is -2.76. The Morgan fingerprint density at radius 1 is 1.36 bits per heavy atom. The van der Waals surface area contributed by atoms with Gasteiger partial charge in [-0.25, -0.2) is 0 Å². The first-order valence-electron chi connectivity index (χ1n) is 12.6. The van der Waals surface area contributed by atoms with Gasteiger partial charge in [0.15, 0.2) is 0 Å². The molecule has 6 aliphatic carbocycles. The van der Waals surface area contributed by atoms with Crippen molar-refractivity contribution in [3.05, 3.63) is 40.5 Å². The zero-order valence-corrected chi connectivity index (χ0v) is 19.6.